The molecule has 15 heavy (non-hydrogen) atoms. The molecule has 0 heterocycles. The molecule has 0 saturated heterocycles. The fraction of sp³-hybridized carbons (Fsp3) is 0.364. The quantitative estimate of drug-likeness (QED) is 0.796. The Kier molecular flexibility index (Phi) is 4.59. The zero-order valence-corrected chi connectivity index (χ0v) is 9.71. The Morgan fingerprint density at radius 3 is 2.40 bits per heavy atom. The Bertz CT molecular complexity index is 322. The van der Waals surface area contributed by atoms with E-state index in [1.807, 2.05) is 38.4 Å². The maximum absolute atomic E-state index is 11.0. The molecule has 0 radical (unpaired) electrons. The van der Waals surface area contributed by atoms with Gasteiger partial charge in [-0.25, -0.2) is 0 Å². The Morgan fingerprint density at radius 2 is 1.93 bits per heavy atom. The lowest BCUT2D eigenvalue weighted by Crippen LogP contribution is -2.13. The number of carbonyl (C=O) groups excluding carboxylic acids is 1. The summed E-state index contributed by atoms with van der Waals surface area (Å²) in [5.74, 6) is -0.198. The second-order valence-corrected chi connectivity index (χ2v) is 3.88. The van der Waals surface area contributed by atoms with Crippen molar-refractivity contribution in [2.75, 3.05) is 25.3 Å². The maximum Gasteiger partial charge on any atom is 0.239 e. The van der Waals surface area contributed by atoms with Crippen molar-refractivity contribution in [3.05, 3.63) is 29.8 Å². The molecule has 82 valence electrons. The largest absolute Gasteiger partial charge is 0.325 e. The summed E-state index contributed by atoms with van der Waals surface area (Å²) in [6.07, 6.45) is 0. The zero-order chi connectivity index (χ0) is 11.3. The van der Waals surface area contributed by atoms with Crippen LogP contribution in [0.3, 0.4) is 0 Å². The van der Waals surface area contributed by atoms with Crippen molar-refractivity contribution < 1.29 is 4.79 Å². The number of nitrogens with zero attached hydrogens (tertiary/aromatic N) is 1. The smallest absolute Gasteiger partial charge is 0.239 e. The molecule has 1 aromatic carbocycles. The number of hydrogen-bond acceptors (Lipinski definition) is 2. The normalized spacial score (nSPS) is 10.4. The van der Waals surface area contributed by atoms with Crippen LogP contribution in [0.4, 0.5) is 5.69 Å². The summed E-state index contributed by atoms with van der Waals surface area (Å²) in [5, 5.41) is 2.69. The van der Waals surface area contributed by atoms with E-state index in [0.717, 1.165) is 12.2 Å². The van der Waals surface area contributed by atoms with Crippen LogP contribution >= 0.6 is 11.6 Å². The van der Waals surface area contributed by atoms with E-state index in [9.17, 15) is 4.79 Å². The van der Waals surface area contributed by atoms with E-state index >= 15 is 0 Å². The van der Waals surface area contributed by atoms with Crippen LogP contribution in [0.5, 0.6) is 0 Å². The van der Waals surface area contributed by atoms with E-state index in [4.69, 9.17) is 11.6 Å². The Labute approximate surface area is 95.0 Å². The van der Waals surface area contributed by atoms with Crippen molar-refractivity contribution in [3.8, 4) is 0 Å². The second kappa shape index (κ2) is 5.73. The molecular formula is C11H15ClN2O. The summed E-state index contributed by atoms with van der Waals surface area (Å²) < 4.78 is 0. The number of anilines is 1. The molecule has 1 aromatic rings. The third-order valence-corrected chi connectivity index (χ3v) is 2.10. The lowest BCUT2D eigenvalue weighted by atomic mass is 10.2. The highest BCUT2D eigenvalue weighted by Gasteiger charge is 2.00. The number of nitrogens with one attached hydrogen (secondary N) is 1. The summed E-state index contributed by atoms with van der Waals surface area (Å²) >= 11 is 5.38. The minimum atomic E-state index is -0.183. The highest BCUT2D eigenvalue weighted by atomic mass is 35.5. The first-order chi connectivity index (χ1) is 7.11. The van der Waals surface area contributed by atoms with Gasteiger partial charge in [0, 0.05) is 12.2 Å². The van der Waals surface area contributed by atoms with Gasteiger partial charge in [-0.3, -0.25) is 4.79 Å². The summed E-state index contributed by atoms with van der Waals surface area (Å²) in [6, 6.07) is 7.74. The highest BCUT2D eigenvalue weighted by Crippen LogP contribution is 2.10. The van der Waals surface area contributed by atoms with Crippen LogP contribution in [-0.2, 0) is 11.3 Å². The molecule has 0 aliphatic rings. The van der Waals surface area contributed by atoms with Gasteiger partial charge in [-0.2, -0.15) is 0 Å². The Balaban J connectivity index is 2.60. The monoisotopic (exact) mass is 226 g/mol. The number of hydrogen-bond donors (Lipinski definition) is 1. The van der Waals surface area contributed by atoms with Crippen molar-refractivity contribution in [1.82, 2.24) is 4.90 Å². The van der Waals surface area contributed by atoms with Crippen LogP contribution in [0.2, 0.25) is 0 Å². The summed E-state index contributed by atoms with van der Waals surface area (Å²) in [7, 11) is 4.03. The third kappa shape index (κ3) is 4.32. The van der Waals surface area contributed by atoms with Gasteiger partial charge in [0.1, 0.15) is 5.88 Å². The molecule has 0 unspecified atom stereocenters. The molecule has 1 amide bonds. The van der Waals surface area contributed by atoms with E-state index in [1.165, 1.54) is 5.56 Å². The van der Waals surface area contributed by atoms with Crippen LogP contribution in [0.1, 0.15) is 5.56 Å². The SMILES string of the molecule is CN(C)Cc1ccc(NC(=O)CCl)cc1. The average Bonchev–Trinajstić information content (AvgIpc) is 2.20. The fourth-order valence-electron chi connectivity index (χ4n) is 1.25. The van der Waals surface area contributed by atoms with Gasteiger partial charge in [0.2, 0.25) is 5.91 Å². The molecule has 0 fully saturated rings. The van der Waals surface area contributed by atoms with Crippen LogP contribution in [0.25, 0.3) is 0 Å². The molecule has 0 bridgehead atoms. The number of benzene rings is 1. The van der Waals surface area contributed by atoms with Gasteiger partial charge in [0.05, 0.1) is 0 Å². The summed E-state index contributed by atoms with van der Waals surface area (Å²) in [5.41, 5.74) is 1.99. The second-order valence-electron chi connectivity index (χ2n) is 3.62. The number of carbonyl (C=O) groups is 1. The minimum absolute atomic E-state index is 0.0144. The van der Waals surface area contributed by atoms with E-state index in [1.54, 1.807) is 0 Å². The van der Waals surface area contributed by atoms with Gasteiger partial charge in [-0.1, -0.05) is 12.1 Å². The van der Waals surface area contributed by atoms with E-state index in [-0.39, 0.29) is 11.8 Å². The number of amides is 1. The molecule has 0 aliphatic carbocycles. The Hall–Kier alpha value is -1.06. The van der Waals surface area contributed by atoms with Gasteiger partial charge in [-0.05, 0) is 31.8 Å². The molecule has 1 rings (SSSR count). The first-order valence-corrected chi connectivity index (χ1v) is 5.25. The first kappa shape index (κ1) is 12.0. The van der Waals surface area contributed by atoms with Crippen LogP contribution in [-0.4, -0.2) is 30.8 Å². The van der Waals surface area contributed by atoms with Gasteiger partial charge >= 0.3 is 0 Å². The first-order valence-electron chi connectivity index (χ1n) is 4.71. The van der Waals surface area contributed by atoms with Crippen molar-refractivity contribution in [2.45, 2.75) is 6.54 Å². The predicted molar refractivity (Wildman–Crippen MR) is 63.2 cm³/mol. The molecule has 0 aromatic heterocycles. The van der Waals surface area contributed by atoms with Gasteiger partial charge < -0.3 is 10.2 Å². The van der Waals surface area contributed by atoms with Gasteiger partial charge in [0.25, 0.3) is 0 Å². The third-order valence-electron chi connectivity index (χ3n) is 1.86. The minimum Gasteiger partial charge on any atom is -0.325 e. The summed E-state index contributed by atoms with van der Waals surface area (Å²) in [4.78, 5) is 13.1. The standard InChI is InChI=1S/C11H15ClN2O/c1-14(2)8-9-3-5-10(6-4-9)13-11(15)7-12/h3-6H,7-8H2,1-2H3,(H,13,15). The van der Waals surface area contributed by atoms with E-state index in [2.05, 4.69) is 10.2 Å². The molecule has 0 saturated carbocycles. The number of halogens is 1. The van der Waals surface area contributed by atoms with Crippen molar-refractivity contribution in [3.63, 3.8) is 0 Å². The molecule has 0 aliphatic heterocycles. The molecule has 1 N–H and O–H groups in total. The lowest BCUT2D eigenvalue weighted by molar-refractivity contribution is -0.113. The summed E-state index contributed by atoms with van der Waals surface area (Å²) in [6.45, 7) is 0.893. The molecule has 3 nitrogen and oxygen atoms in total. The van der Waals surface area contributed by atoms with Crippen LogP contribution < -0.4 is 5.32 Å². The van der Waals surface area contributed by atoms with Gasteiger partial charge in [-0.15, -0.1) is 11.6 Å². The Morgan fingerprint density at radius 1 is 1.33 bits per heavy atom. The highest BCUT2D eigenvalue weighted by molar-refractivity contribution is 6.29. The lowest BCUT2D eigenvalue weighted by Gasteiger charge is -2.10. The zero-order valence-electron chi connectivity index (χ0n) is 8.96. The number of alkyl halides is 1. The van der Waals surface area contributed by atoms with Crippen LogP contribution in [0.15, 0.2) is 24.3 Å². The molecule has 0 spiro atoms. The fourth-order valence-corrected chi connectivity index (χ4v) is 1.32. The van der Waals surface area contributed by atoms with E-state index < -0.39 is 0 Å². The van der Waals surface area contributed by atoms with E-state index in [0.29, 0.717) is 0 Å². The van der Waals surface area contributed by atoms with Crippen molar-refractivity contribution in [1.29, 1.82) is 0 Å². The maximum atomic E-state index is 11.0. The predicted octanol–water partition coefficient (Wildman–Crippen LogP) is 1.93. The molecule has 4 heteroatoms. The van der Waals surface area contributed by atoms with Crippen molar-refractivity contribution >= 4 is 23.2 Å². The number of rotatable bonds is 4. The van der Waals surface area contributed by atoms with Crippen molar-refractivity contribution in [2.24, 2.45) is 0 Å². The molecular weight excluding hydrogens is 212 g/mol. The molecule has 0 atom stereocenters. The topological polar surface area (TPSA) is 32.3 Å². The average molecular weight is 227 g/mol. The van der Waals surface area contributed by atoms with Gasteiger partial charge in [0.15, 0.2) is 0 Å². The van der Waals surface area contributed by atoms with Crippen LogP contribution in [0, 0.1) is 0 Å².